The first-order valence-electron chi connectivity index (χ1n) is 6.69. The van der Waals surface area contributed by atoms with E-state index in [1.165, 1.54) is 0 Å². The molecule has 2 aliphatic rings. The number of ketones is 2. The molecule has 0 atom stereocenters. The highest BCUT2D eigenvalue weighted by Gasteiger charge is 2.24. The lowest BCUT2D eigenvalue weighted by molar-refractivity contribution is -0.124. The lowest BCUT2D eigenvalue weighted by Gasteiger charge is -2.10. The summed E-state index contributed by atoms with van der Waals surface area (Å²) in [6.07, 6.45) is 4.27. The van der Waals surface area contributed by atoms with Crippen molar-refractivity contribution < 1.29 is 19.1 Å². The molecule has 1 aromatic rings. The van der Waals surface area contributed by atoms with E-state index in [1.54, 1.807) is 18.2 Å². The fourth-order valence-corrected chi connectivity index (χ4v) is 2.68. The van der Waals surface area contributed by atoms with Crippen molar-refractivity contribution in [3.05, 3.63) is 23.8 Å². The van der Waals surface area contributed by atoms with Crippen LogP contribution in [0.3, 0.4) is 0 Å². The second-order valence-corrected chi connectivity index (χ2v) is 5.11. The molecule has 1 fully saturated rings. The van der Waals surface area contributed by atoms with E-state index in [-0.39, 0.29) is 30.7 Å². The molecule has 0 amide bonds. The molecule has 0 spiro atoms. The first kappa shape index (κ1) is 12.2. The molecule has 100 valence electrons. The van der Waals surface area contributed by atoms with Gasteiger partial charge < -0.3 is 9.47 Å². The summed E-state index contributed by atoms with van der Waals surface area (Å²) >= 11 is 0. The molecule has 19 heavy (non-hydrogen) atoms. The van der Waals surface area contributed by atoms with E-state index in [9.17, 15) is 9.59 Å². The maximum absolute atomic E-state index is 11.9. The first-order valence-corrected chi connectivity index (χ1v) is 6.69. The Morgan fingerprint density at radius 3 is 2.89 bits per heavy atom. The summed E-state index contributed by atoms with van der Waals surface area (Å²) in [5.74, 6) is 1.47. The van der Waals surface area contributed by atoms with E-state index in [4.69, 9.17) is 9.47 Å². The van der Waals surface area contributed by atoms with Crippen LogP contribution in [0.2, 0.25) is 0 Å². The van der Waals surface area contributed by atoms with E-state index in [2.05, 4.69) is 0 Å². The average molecular weight is 260 g/mol. The molecule has 4 nitrogen and oxygen atoms in total. The average Bonchev–Trinajstić information content (AvgIpc) is 3.06. The first-order chi connectivity index (χ1) is 9.24. The maximum Gasteiger partial charge on any atom is 0.203 e. The van der Waals surface area contributed by atoms with Gasteiger partial charge in [-0.15, -0.1) is 0 Å². The quantitative estimate of drug-likeness (QED) is 0.834. The van der Waals surface area contributed by atoms with Crippen molar-refractivity contribution >= 4 is 11.6 Å². The van der Waals surface area contributed by atoms with E-state index >= 15 is 0 Å². The topological polar surface area (TPSA) is 52.6 Å². The van der Waals surface area contributed by atoms with Gasteiger partial charge in [-0.25, -0.2) is 0 Å². The number of ether oxygens (including phenoxy) is 2. The van der Waals surface area contributed by atoms with E-state index < -0.39 is 0 Å². The Bertz CT molecular complexity index is 515. The van der Waals surface area contributed by atoms with Crippen LogP contribution in [0.4, 0.5) is 0 Å². The van der Waals surface area contributed by atoms with E-state index in [1.807, 2.05) is 0 Å². The normalized spacial score (nSPS) is 18.2. The minimum Gasteiger partial charge on any atom is -0.486 e. The van der Waals surface area contributed by atoms with Crippen molar-refractivity contribution in [2.45, 2.75) is 25.7 Å². The molecule has 0 saturated heterocycles. The van der Waals surface area contributed by atoms with Gasteiger partial charge in [0.05, 0.1) is 5.56 Å². The Morgan fingerprint density at radius 1 is 1.32 bits per heavy atom. The van der Waals surface area contributed by atoms with Gasteiger partial charge in [-0.3, -0.25) is 9.59 Å². The standard InChI is InChI=1S/C15H16O4/c16-13(10-3-1-2-4-10)8-18-11-5-6-12-14(17)9-19-15(12)7-11/h5-7,10H,1-4,8-9H2. The molecule has 0 N–H and O–H groups in total. The van der Waals surface area contributed by atoms with E-state index in [0.29, 0.717) is 17.1 Å². The van der Waals surface area contributed by atoms with Gasteiger partial charge in [-0.05, 0) is 25.0 Å². The van der Waals surface area contributed by atoms with Crippen LogP contribution in [-0.2, 0) is 4.79 Å². The van der Waals surface area contributed by atoms with Crippen molar-refractivity contribution in [3.63, 3.8) is 0 Å². The lowest BCUT2D eigenvalue weighted by Crippen LogP contribution is -2.19. The summed E-state index contributed by atoms with van der Waals surface area (Å²) < 4.78 is 10.7. The molecule has 1 aliphatic carbocycles. The Morgan fingerprint density at radius 2 is 2.11 bits per heavy atom. The van der Waals surface area contributed by atoms with Gasteiger partial charge in [0.25, 0.3) is 0 Å². The third-order valence-corrected chi connectivity index (χ3v) is 3.80. The number of Topliss-reactive ketones (excluding diaryl/α,β-unsaturated/α-hetero) is 2. The van der Waals surface area contributed by atoms with Crippen LogP contribution >= 0.6 is 0 Å². The molecule has 0 bridgehead atoms. The van der Waals surface area contributed by atoms with Crippen LogP contribution < -0.4 is 9.47 Å². The second kappa shape index (κ2) is 5.03. The molecular formula is C15H16O4. The second-order valence-electron chi connectivity index (χ2n) is 5.11. The van der Waals surface area contributed by atoms with Crippen LogP contribution in [0.15, 0.2) is 18.2 Å². The van der Waals surface area contributed by atoms with Gasteiger partial charge >= 0.3 is 0 Å². The smallest absolute Gasteiger partial charge is 0.203 e. The Labute approximate surface area is 111 Å². The Kier molecular flexibility index (Phi) is 3.23. The van der Waals surface area contributed by atoms with Crippen LogP contribution in [0, 0.1) is 5.92 Å². The summed E-state index contributed by atoms with van der Waals surface area (Å²) in [7, 11) is 0. The predicted octanol–water partition coefficient (Wildman–Crippen LogP) is 2.40. The van der Waals surface area contributed by atoms with Gasteiger partial charge in [0, 0.05) is 12.0 Å². The third-order valence-electron chi connectivity index (χ3n) is 3.80. The van der Waals surface area contributed by atoms with Crippen LogP contribution in [0.25, 0.3) is 0 Å². The number of hydrogen-bond acceptors (Lipinski definition) is 4. The van der Waals surface area contributed by atoms with Crippen molar-refractivity contribution in [1.29, 1.82) is 0 Å². The van der Waals surface area contributed by atoms with Gasteiger partial charge in [0.15, 0.2) is 12.4 Å². The van der Waals surface area contributed by atoms with Gasteiger partial charge in [-0.2, -0.15) is 0 Å². The van der Waals surface area contributed by atoms with Crippen molar-refractivity contribution in [1.82, 2.24) is 0 Å². The molecule has 0 unspecified atom stereocenters. The van der Waals surface area contributed by atoms with E-state index in [0.717, 1.165) is 25.7 Å². The molecule has 1 saturated carbocycles. The molecule has 1 heterocycles. The zero-order valence-corrected chi connectivity index (χ0v) is 10.7. The highest BCUT2D eigenvalue weighted by atomic mass is 16.5. The Hall–Kier alpha value is -1.84. The fraction of sp³-hybridized carbons (Fsp3) is 0.467. The number of carbonyl (C=O) groups excluding carboxylic acids is 2. The van der Waals surface area contributed by atoms with Crippen LogP contribution in [0.5, 0.6) is 11.5 Å². The summed E-state index contributed by atoms with van der Waals surface area (Å²) in [6.45, 7) is 0.206. The van der Waals surface area contributed by atoms with Crippen molar-refractivity contribution in [3.8, 4) is 11.5 Å². The fourth-order valence-electron chi connectivity index (χ4n) is 2.68. The SMILES string of the molecule is O=C1COc2cc(OCC(=O)C3CCCC3)ccc21. The lowest BCUT2D eigenvalue weighted by atomic mass is 10.0. The van der Waals surface area contributed by atoms with Gasteiger partial charge in [0.2, 0.25) is 5.78 Å². The number of carbonyl (C=O) groups is 2. The molecular weight excluding hydrogens is 244 g/mol. The molecule has 3 rings (SSSR count). The summed E-state index contributed by atoms with van der Waals surface area (Å²) in [5, 5.41) is 0. The number of hydrogen-bond donors (Lipinski definition) is 0. The third kappa shape index (κ3) is 2.48. The zero-order valence-electron chi connectivity index (χ0n) is 10.7. The molecule has 1 aliphatic heterocycles. The van der Waals surface area contributed by atoms with Crippen LogP contribution in [-0.4, -0.2) is 24.8 Å². The minimum atomic E-state index is -0.0106. The summed E-state index contributed by atoms with van der Waals surface area (Å²) in [6, 6.07) is 5.09. The monoisotopic (exact) mass is 260 g/mol. The van der Waals surface area contributed by atoms with Crippen molar-refractivity contribution in [2.75, 3.05) is 13.2 Å². The molecule has 4 heteroatoms. The highest BCUT2D eigenvalue weighted by molar-refractivity contribution is 6.02. The highest BCUT2D eigenvalue weighted by Crippen LogP contribution is 2.30. The van der Waals surface area contributed by atoms with Crippen molar-refractivity contribution in [2.24, 2.45) is 5.92 Å². The van der Waals surface area contributed by atoms with Gasteiger partial charge in [0.1, 0.15) is 18.1 Å². The molecule has 0 aromatic heterocycles. The number of benzene rings is 1. The predicted molar refractivity (Wildman–Crippen MR) is 68.7 cm³/mol. The van der Waals surface area contributed by atoms with Crippen LogP contribution in [0.1, 0.15) is 36.0 Å². The molecule has 1 aromatic carbocycles. The minimum absolute atomic E-state index is 0.0106. The largest absolute Gasteiger partial charge is 0.486 e. The maximum atomic E-state index is 11.9. The molecule has 0 radical (unpaired) electrons. The number of fused-ring (bicyclic) bond motifs is 1. The Balaban J connectivity index is 1.61. The summed E-state index contributed by atoms with van der Waals surface area (Å²) in [4.78, 5) is 23.3. The zero-order chi connectivity index (χ0) is 13.2. The van der Waals surface area contributed by atoms with Gasteiger partial charge in [-0.1, -0.05) is 12.8 Å². The summed E-state index contributed by atoms with van der Waals surface area (Å²) in [5.41, 5.74) is 0.592. The number of rotatable bonds is 4.